The van der Waals surface area contributed by atoms with Gasteiger partial charge >= 0.3 is 0 Å². The van der Waals surface area contributed by atoms with Crippen molar-refractivity contribution in [1.82, 2.24) is 0 Å². The van der Waals surface area contributed by atoms with Crippen molar-refractivity contribution in [3.63, 3.8) is 0 Å². The highest BCUT2D eigenvalue weighted by Gasteiger charge is 2.13. The second kappa shape index (κ2) is 5.92. The third-order valence-electron chi connectivity index (χ3n) is 2.61. The van der Waals surface area contributed by atoms with Crippen molar-refractivity contribution < 1.29 is 19.0 Å². The normalized spacial score (nSPS) is 10.2. The standard InChI is InChI=1S/C14H11BrFNO3/c1-20-13-5-3-9(7-12(13)18)17-14(19)10-6-8(15)2-4-11(10)16/h2-7,18H,1H3,(H,17,19). The zero-order valence-corrected chi connectivity index (χ0v) is 12.1. The van der Waals surface area contributed by atoms with Crippen LogP contribution in [0.25, 0.3) is 0 Å². The number of anilines is 1. The van der Waals surface area contributed by atoms with Crippen LogP contribution in [0.4, 0.5) is 10.1 Å². The van der Waals surface area contributed by atoms with E-state index in [2.05, 4.69) is 21.2 Å². The summed E-state index contributed by atoms with van der Waals surface area (Å²) in [5, 5.41) is 12.1. The Labute approximate surface area is 123 Å². The molecule has 20 heavy (non-hydrogen) atoms. The van der Waals surface area contributed by atoms with E-state index in [0.717, 1.165) is 0 Å². The largest absolute Gasteiger partial charge is 0.504 e. The number of ether oxygens (including phenoxy) is 1. The van der Waals surface area contributed by atoms with Gasteiger partial charge in [0.1, 0.15) is 5.82 Å². The van der Waals surface area contributed by atoms with E-state index < -0.39 is 11.7 Å². The van der Waals surface area contributed by atoms with Crippen LogP contribution >= 0.6 is 15.9 Å². The maximum atomic E-state index is 13.6. The number of methoxy groups -OCH3 is 1. The van der Waals surface area contributed by atoms with Gasteiger partial charge in [0.2, 0.25) is 0 Å². The fourth-order valence-electron chi connectivity index (χ4n) is 1.64. The van der Waals surface area contributed by atoms with Crippen LogP contribution in [0.3, 0.4) is 0 Å². The first kappa shape index (κ1) is 14.3. The molecule has 0 saturated carbocycles. The number of carbonyl (C=O) groups excluding carboxylic acids is 1. The second-order valence-electron chi connectivity index (χ2n) is 3.96. The molecular weight excluding hydrogens is 329 g/mol. The van der Waals surface area contributed by atoms with Gasteiger partial charge in [-0.1, -0.05) is 15.9 Å². The summed E-state index contributed by atoms with van der Waals surface area (Å²) >= 11 is 3.18. The number of aromatic hydroxyl groups is 1. The summed E-state index contributed by atoms with van der Waals surface area (Å²) in [5.41, 5.74) is 0.252. The molecule has 0 heterocycles. The average Bonchev–Trinajstić information content (AvgIpc) is 2.41. The lowest BCUT2D eigenvalue weighted by Crippen LogP contribution is -2.13. The van der Waals surface area contributed by atoms with E-state index >= 15 is 0 Å². The van der Waals surface area contributed by atoms with Crippen molar-refractivity contribution in [2.24, 2.45) is 0 Å². The Morgan fingerprint density at radius 1 is 1.30 bits per heavy atom. The predicted octanol–water partition coefficient (Wildman–Crippen LogP) is 3.55. The van der Waals surface area contributed by atoms with Gasteiger partial charge in [-0.15, -0.1) is 0 Å². The zero-order valence-electron chi connectivity index (χ0n) is 10.5. The summed E-state index contributed by atoms with van der Waals surface area (Å²) in [6.07, 6.45) is 0. The second-order valence-corrected chi connectivity index (χ2v) is 4.88. The molecule has 0 aliphatic heterocycles. The van der Waals surface area contributed by atoms with Gasteiger partial charge in [0.05, 0.1) is 12.7 Å². The molecule has 0 radical (unpaired) electrons. The van der Waals surface area contributed by atoms with Crippen LogP contribution in [0.2, 0.25) is 0 Å². The summed E-state index contributed by atoms with van der Waals surface area (Å²) in [5.74, 6) is -1.05. The van der Waals surface area contributed by atoms with E-state index in [1.165, 1.54) is 37.4 Å². The van der Waals surface area contributed by atoms with Crippen LogP contribution in [0, 0.1) is 5.82 Å². The summed E-state index contributed by atoms with van der Waals surface area (Å²) in [7, 11) is 1.42. The summed E-state index contributed by atoms with van der Waals surface area (Å²) in [6.45, 7) is 0. The number of hydrogen-bond donors (Lipinski definition) is 2. The van der Waals surface area contributed by atoms with Crippen LogP contribution in [-0.4, -0.2) is 18.1 Å². The van der Waals surface area contributed by atoms with Crippen LogP contribution in [0.5, 0.6) is 11.5 Å². The minimum atomic E-state index is -0.622. The number of halogens is 2. The Kier molecular flexibility index (Phi) is 4.24. The number of amides is 1. The molecule has 0 aromatic heterocycles. The van der Waals surface area contributed by atoms with Crippen molar-refractivity contribution in [1.29, 1.82) is 0 Å². The fraction of sp³-hybridized carbons (Fsp3) is 0.0714. The molecule has 0 atom stereocenters. The number of hydrogen-bond acceptors (Lipinski definition) is 3. The van der Waals surface area contributed by atoms with Gasteiger partial charge in [-0.25, -0.2) is 4.39 Å². The van der Waals surface area contributed by atoms with E-state index in [-0.39, 0.29) is 17.1 Å². The predicted molar refractivity (Wildman–Crippen MR) is 76.7 cm³/mol. The maximum Gasteiger partial charge on any atom is 0.258 e. The molecule has 0 spiro atoms. The molecule has 0 aliphatic rings. The van der Waals surface area contributed by atoms with Crippen molar-refractivity contribution >= 4 is 27.5 Å². The third-order valence-corrected chi connectivity index (χ3v) is 3.10. The van der Waals surface area contributed by atoms with E-state index in [4.69, 9.17) is 4.74 Å². The molecule has 2 rings (SSSR count). The summed E-state index contributed by atoms with van der Waals surface area (Å²) in [6, 6.07) is 8.46. The lowest BCUT2D eigenvalue weighted by Gasteiger charge is -2.09. The highest BCUT2D eigenvalue weighted by atomic mass is 79.9. The Bertz CT molecular complexity index is 661. The highest BCUT2D eigenvalue weighted by molar-refractivity contribution is 9.10. The topological polar surface area (TPSA) is 58.6 Å². The van der Waals surface area contributed by atoms with E-state index in [9.17, 15) is 14.3 Å². The van der Waals surface area contributed by atoms with Crippen LogP contribution in [0.1, 0.15) is 10.4 Å². The number of carbonyl (C=O) groups is 1. The van der Waals surface area contributed by atoms with Gasteiger partial charge in [-0.2, -0.15) is 0 Å². The monoisotopic (exact) mass is 339 g/mol. The Morgan fingerprint density at radius 2 is 2.05 bits per heavy atom. The van der Waals surface area contributed by atoms with Crippen LogP contribution in [0.15, 0.2) is 40.9 Å². The summed E-state index contributed by atoms with van der Waals surface area (Å²) < 4.78 is 19.1. The average molecular weight is 340 g/mol. The Hall–Kier alpha value is -2.08. The SMILES string of the molecule is COc1ccc(NC(=O)c2cc(Br)ccc2F)cc1O. The molecular formula is C14H11BrFNO3. The minimum Gasteiger partial charge on any atom is -0.504 e. The van der Waals surface area contributed by atoms with Crippen molar-refractivity contribution in [3.05, 3.63) is 52.3 Å². The molecule has 0 fully saturated rings. The minimum absolute atomic E-state index is 0.0883. The fourth-order valence-corrected chi connectivity index (χ4v) is 2.00. The Balaban J connectivity index is 2.23. The number of phenols is 1. The molecule has 2 N–H and O–H groups in total. The van der Waals surface area contributed by atoms with Crippen LogP contribution in [-0.2, 0) is 0 Å². The van der Waals surface area contributed by atoms with E-state index in [1.54, 1.807) is 6.07 Å². The molecule has 2 aromatic rings. The Morgan fingerprint density at radius 3 is 2.70 bits per heavy atom. The molecule has 2 aromatic carbocycles. The summed E-state index contributed by atoms with van der Waals surface area (Å²) in [4.78, 5) is 12.0. The molecule has 4 nitrogen and oxygen atoms in total. The first-order valence-electron chi connectivity index (χ1n) is 5.64. The van der Waals surface area contributed by atoms with Gasteiger partial charge in [0.15, 0.2) is 11.5 Å². The van der Waals surface area contributed by atoms with E-state index in [1.807, 2.05) is 0 Å². The first-order chi connectivity index (χ1) is 9.51. The number of rotatable bonds is 3. The smallest absolute Gasteiger partial charge is 0.258 e. The van der Waals surface area contributed by atoms with Crippen molar-refractivity contribution in [2.45, 2.75) is 0 Å². The lowest BCUT2D eigenvalue weighted by atomic mass is 10.2. The van der Waals surface area contributed by atoms with Gasteiger partial charge in [-0.05, 0) is 30.3 Å². The first-order valence-corrected chi connectivity index (χ1v) is 6.44. The highest BCUT2D eigenvalue weighted by Crippen LogP contribution is 2.29. The van der Waals surface area contributed by atoms with Gasteiger partial charge in [0.25, 0.3) is 5.91 Å². The van der Waals surface area contributed by atoms with Gasteiger partial charge in [0, 0.05) is 16.2 Å². The third kappa shape index (κ3) is 3.08. The van der Waals surface area contributed by atoms with Crippen molar-refractivity contribution in [3.8, 4) is 11.5 Å². The number of phenolic OH excluding ortho intramolecular Hbond substituents is 1. The van der Waals surface area contributed by atoms with Gasteiger partial charge < -0.3 is 15.2 Å². The molecule has 6 heteroatoms. The maximum absolute atomic E-state index is 13.6. The molecule has 0 saturated heterocycles. The van der Waals surface area contributed by atoms with Crippen LogP contribution < -0.4 is 10.1 Å². The van der Waals surface area contributed by atoms with E-state index in [0.29, 0.717) is 10.2 Å². The number of benzene rings is 2. The van der Waals surface area contributed by atoms with Gasteiger partial charge in [-0.3, -0.25) is 4.79 Å². The molecule has 0 bridgehead atoms. The number of nitrogens with one attached hydrogen (secondary N) is 1. The molecule has 0 unspecified atom stereocenters. The molecule has 0 aliphatic carbocycles. The van der Waals surface area contributed by atoms with Crippen molar-refractivity contribution in [2.75, 3.05) is 12.4 Å². The lowest BCUT2D eigenvalue weighted by molar-refractivity contribution is 0.102. The molecule has 1 amide bonds. The quantitative estimate of drug-likeness (QED) is 0.898. The molecule has 104 valence electrons. The zero-order chi connectivity index (χ0) is 14.7.